The monoisotopic (exact) mass is 398 g/mol. The van der Waals surface area contributed by atoms with Crippen LogP contribution in [0.25, 0.3) is 0 Å². The first-order valence-electron chi connectivity index (χ1n) is 8.36. The van der Waals surface area contributed by atoms with Crippen molar-refractivity contribution in [2.45, 2.75) is 72.8 Å². The molecule has 24 heavy (non-hydrogen) atoms. The summed E-state index contributed by atoms with van der Waals surface area (Å²) in [5, 5.41) is 10.1. The summed E-state index contributed by atoms with van der Waals surface area (Å²) in [6, 6.07) is 5.74. The van der Waals surface area contributed by atoms with Gasteiger partial charge in [-0.2, -0.15) is 0 Å². The second kappa shape index (κ2) is 9.41. The van der Waals surface area contributed by atoms with E-state index in [9.17, 15) is 9.67 Å². The quantitative estimate of drug-likeness (QED) is 0.518. The van der Waals surface area contributed by atoms with Crippen LogP contribution in [0.2, 0.25) is 0 Å². The number of hydrogen-bond acceptors (Lipinski definition) is 3. The summed E-state index contributed by atoms with van der Waals surface area (Å²) in [7, 11) is -1.21. The third kappa shape index (κ3) is 7.30. The summed E-state index contributed by atoms with van der Waals surface area (Å²) in [5.74, 6) is 0.800. The van der Waals surface area contributed by atoms with Crippen LogP contribution in [0.1, 0.15) is 66.0 Å². The predicted molar refractivity (Wildman–Crippen MR) is 99.0 cm³/mol. The Labute approximate surface area is 158 Å². The molecular weight excluding hydrogens is 366 g/mol. The van der Waals surface area contributed by atoms with Crippen LogP contribution < -0.4 is 0 Å². The minimum Gasteiger partial charge on any atom is -0.508 e. The molecule has 3 nitrogen and oxygen atoms in total. The Hall–Kier alpha value is -0.296. The van der Waals surface area contributed by atoms with E-state index in [2.05, 4.69) is 48.5 Å². The molecule has 0 amide bonds. The van der Waals surface area contributed by atoms with Crippen LogP contribution in [0, 0.1) is 11.3 Å². The van der Waals surface area contributed by atoms with Crippen molar-refractivity contribution in [3.8, 4) is 5.75 Å². The predicted octanol–water partition coefficient (Wildman–Crippen LogP) is 5.36. The molecular formula is C19H33NiO3P. The standard InChI is InChI=1S/C19H33O3P.Ni/c1-13(18(2,3)4)10-15(22-23-21)11-14-8-9-17(20)16(12-14)19(5,6)7;/h8-9,12-13,15,20H,10-11,23H2,1-7H3;. The molecule has 0 aliphatic rings. The van der Waals surface area contributed by atoms with Crippen molar-refractivity contribution in [1.82, 2.24) is 0 Å². The molecule has 3 atom stereocenters. The first-order valence-corrected chi connectivity index (χ1v) is 9.31. The van der Waals surface area contributed by atoms with Gasteiger partial charge in [-0.1, -0.05) is 60.6 Å². The molecule has 3 unspecified atom stereocenters. The van der Waals surface area contributed by atoms with E-state index in [1.807, 2.05) is 12.1 Å². The molecule has 0 aliphatic heterocycles. The van der Waals surface area contributed by atoms with Crippen molar-refractivity contribution in [1.29, 1.82) is 0 Å². The van der Waals surface area contributed by atoms with E-state index in [0.717, 1.165) is 24.0 Å². The topological polar surface area (TPSA) is 46.5 Å². The van der Waals surface area contributed by atoms with Crippen LogP contribution >= 0.6 is 8.69 Å². The average Bonchev–Trinajstić information content (AvgIpc) is 2.38. The molecule has 1 aromatic rings. The van der Waals surface area contributed by atoms with Crippen LogP contribution in [0.4, 0.5) is 0 Å². The maximum Gasteiger partial charge on any atom is 0.180 e. The Morgan fingerprint density at radius 3 is 2.21 bits per heavy atom. The zero-order valence-corrected chi connectivity index (χ0v) is 18.1. The SMILES string of the molecule is CC(CC(Cc1ccc(O)c(C(C)(C)C)c1)O[PH2]=O)C(C)(C)C.[Ni]. The Bertz CT molecular complexity index is 532. The molecule has 1 N–H and O–H groups in total. The average molecular weight is 399 g/mol. The summed E-state index contributed by atoms with van der Waals surface area (Å²) < 4.78 is 16.6. The Morgan fingerprint density at radius 2 is 1.75 bits per heavy atom. The van der Waals surface area contributed by atoms with Gasteiger partial charge in [0.2, 0.25) is 0 Å². The molecule has 0 fully saturated rings. The molecule has 1 rings (SSSR count). The Kier molecular flexibility index (Phi) is 9.30. The van der Waals surface area contributed by atoms with Gasteiger partial charge in [-0.25, -0.2) is 0 Å². The second-order valence-electron chi connectivity index (χ2n) is 8.66. The molecule has 0 aromatic heterocycles. The van der Waals surface area contributed by atoms with Crippen LogP contribution in [0.3, 0.4) is 0 Å². The zero-order valence-electron chi connectivity index (χ0n) is 16.0. The van der Waals surface area contributed by atoms with Crippen molar-refractivity contribution in [2.75, 3.05) is 0 Å². The van der Waals surface area contributed by atoms with E-state index in [-0.39, 0.29) is 33.4 Å². The maximum absolute atomic E-state index is 11.1. The molecule has 0 bridgehead atoms. The molecule has 0 radical (unpaired) electrons. The smallest absolute Gasteiger partial charge is 0.180 e. The number of benzene rings is 1. The number of hydrogen-bond donors (Lipinski definition) is 1. The van der Waals surface area contributed by atoms with Crippen molar-refractivity contribution in [3.63, 3.8) is 0 Å². The fourth-order valence-corrected chi connectivity index (χ4v) is 2.95. The van der Waals surface area contributed by atoms with Crippen molar-refractivity contribution in [3.05, 3.63) is 29.3 Å². The van der Waals surface area contributed by atoms with Gasteiger partial charge in [-0.3, -0.25) is 4.57 Å². The first-order chi connectivity index (χ1) is 10.4. The summed E-state index contributed by atoms with van der Waals surface area (Å²) in [6.45, 7) is 15.1. The van der Waals surface area contributed by atoms with Crippen molar-refractivity contribution >= 4 is 8.69 Å². The summed E-state index contributed by atoms with van der Waals surface area (Å²) in [4.78, 5) is 0. The van der Waals surface area contributed by atoms with Gasteiger partial charge >= 0.3 is 0 Å². The fourth-order valence-electron chi connectivity index (χ4n) is 2.59. The van der Waals surface area contributed by atoms with Gasteiger partial charge in [0, 0.05) is 16.5 Å². The van der Waals surface area contributed by atoms with E-state index < -0.39 is 8.69 Å². The zero-order chi connectivity index (χ0) is 17.8. The Morgan fingerprint density at radius 1 is 1.17 bits per heavy atom. The largest absolute Gasteiger partial charge is 0.508 e. The van der Waals surface area contributed by atoms with Gasteiger partial charge in [0.25, 0.3) is 0 Å². The summed E-state index contributed by atoms with van der Waals surface area (Å²) >= 11 is 0. The molecule has 142 valence electrons. The van der Waals surface area contributed by atoms with E-state index in [1.165, 1.54) is 0 Å². The number of aromatic hydroxyl groups is 1. The third-order valence-electron chi connectivity index (χ3n) is 4.68. The summed E-state index contributed by atoms with van der Waals surface area (Å²) in [6.07, 6.45) is 1.55. The van der Waals surface area contributed by atoms with Gasteiger partial charge in [0.1, 0.15) is 5.75 Å². The van der Waals surface area contributed by atoms with E-state index in [0.29, 0.717) is 11.7 Å². The minimum atomic E-state index is -1.21. The molecule has 0 heterocycles. The van der Waals surface area contributed by atoms with Crippen molar-refractivity contribution < 1.29 is 30.7 Å². The molecule has 0 spiro atoms. The Balaban J connectivity index is 0.00000529. The van der Waals surface area contributed by atoms with Crippen LogP contribution in [0.15, 0.2) is 18.2 Å². The van der Waals surface area contributed by atoms with Crippen LogP contribution in [-0.4, -0.2) is 11.2 Å². The molecule has 0 saturated carbocycles. The minimum absolute atomic E-state index is 0. The third-order valence-corrected chi connectivity index (χ3v) is 5.17. The second-order valence-corrected chi connectivity index (χ2v) is 9.13. The van der Waals surface area contributed by atoms with E-state index in [4.69, 9.17) is 4.52 Å². The van der Waals surface area contributed by atoms with Crippen LogP contribution in [-0.2, 0) is 37.4 Å². The molecule has 1 aromatic carbocycles. The number of phenolic OH excluding ortho intramolecular Hbond substituents is 1. The van der Waals surface area contributed by atoms with Gasteiger partial charge in [-0.05, 0) is 46.8 Å². The number of rotatable bonds is 6. The summed E-state index contributed by atoms with van der Waals surface area (Å²) in [5.41, 5.74) is 2.14. The molecule has 0 aliphatic carbocycles. The van der Waals surface area contributed by atoms with Gasteiger partial charge in [0.15, 0.2) is 8.69 Å². The van der Waals surface area contributed by atoms with E-state index in [1.54, 1.807) is 6.07 Å². The number of phenols is 1. The molecule has 5 heteroatoms. The van der Waals surface area contributed by atoms with Gasteiger partial charge < -0.3 is 9.63 Å². The molecule has 0 saturated heterocycles. The first kappa shape index (κ1) is 23.7. The maximum atomic E-state index is 11.1. The van der Waals surface area contributed by atoms with Gasteiger partial charge in [-0.15, -0.1) is 0 Å². The van der Waals surface area contributed by atoms with Crippen molar-refractivity contribution in [2.24, 2.45) is 11.3 Å². The van der Waals surface area contributed by atoms with Crippen LogP contribution in [0.5, 0.6) is 5.75 Å². The van der Waals surface area contributed by atoms with Gasteiger partial charge in [0.05, 0.1) is 6.10 Å². The van der Waals surface area contributed by atoms with E-state index >= 15 is 0 Å². The normalized spacial score (nSPS) is 15.3. The fraction of sp³-hybridized carbons (Fsp3) is 0.684.